The van der Waals surface area contributed by atoms with E-state index in [-0.39, 0.29) is 31.0 Å². The number of hydrogen-bond acceptors (Lipinski definition) is 1. The molecule has 0 atom stereocenters. The van der Waals surface area contributed by atoms with Crippen molar-refractivity contribution in [2.24, 2.45) is 0 Å². The SMILES string of the molecule is CCCCCCCCC=CCCCCCCCC(=O)O.[H-].[Na+]. The molecule has 0 spiro atoms. The van der Waals surface area contributed by atoms with Gasteiger partial charge in [-0.25, -0.2) is 0 Å². The Balaban J connectivity index is -0.00000180. The van der Waals surface area contributed by atoms with E-state index in [0.717, 1.165) is 12.8 Å². The quantitative estimate of drug-likeness (QED) is 0.286. The van der Waals surface area contributed by atoms with Crippen molar-refractivity contribution in [1.29, 1.82) is 0 Å². The van der Waals surface area contributed by atoms with E-state index in [2.05, 4.69) is 19.1 Å². The zero-order valence-electron chi connectivity index (χ0n) is 15.4. The van der Waals surface area contributed by atoms with Crippen LogP contribution in [0.15, 0.2) is 12.2 Å². The molecule has 0 aromatic carbocycles. The van der Waals surface area contributed by atoms with E-state index in [1.165, 1.54) is 70.6 Å². The van der Waals surface area contributed by atoms with Crippen molar-refractivity contribution in [1.82, 2.24) is 0 Å². The van der Waals surface area contributed by atoms with Gasteiger partial charge in [0.1, 0.15) is 0 Å². The van der Waals surface area contributed by atoms with Crippen molar-refractivity contribution in [2.45, 2.75) is 96.8 Å². The Kier molecular flexibility index (Phi) is 22.6. The van der Waals surface area contributed by atoms with Crippen LogP contribution in [0.1, 0.15) is 98.2 Å². The van der Waals surface area contributed by atoms with Crippen LogP contribution in [-0.2, 0) is 4.79 Å². The molecule has 0 aromatic heterocycles. The zero-order chi connectivity index (χ0) is 14.9. The molecule has 21 heavy (non-hydrogen) atoms. The van der Waals surface area contributed by atoms with Crippen molar-refractivity contribution < 1.29 is 40.9 Å². The van der Waals surface area contributed by atoms with Gasteiger partial charge >= 0.3 is 35.5 Å². The van der Waals surface area contributed by atoms with Gasteiger partial charge in [0.15, 0.2) is 0 Å². The van der Waals surface area contributed by atoms with E-state index in [1.54, 1.807) is 0 Å². The van der Waals surface area contributed by atoms with Gasteiger partial charge in [-0.2, -0.15) is 0 Å². The fourth-order valence-electron chi connectivity index (χ4n) is 2.35. The summed E-state index contributed by atoms with van der Waals surface area (Å²) < 4.78 is 0. The largest absolute Gasteiger partial charge is 1.00 e. The standard InChI is InChI=1S/C18H34O2.Na.H/c1-2-3-4-5-6-7-8-9-10-11-12-13-14-15-16-17-18(19)20;;/h9-10H,2-8,11-17H2,1H3,(H,19,20);;/q;+1;-1. The van der Waals surface area contributed by atoms with E-state index in [4.69, 9.17) is 5.11 Å². The smallest absolute Gasteiger partial charge is 1.00 e. The number of unbranched alkanes of at least 4 members (excludes halogenated alkanes) is 11. The number of carboxylic acids is 1. The van der Waals surface area contributed by atoms with Gasteiger partial charge in [0, 0.05) is 6.42 Å². The Morgan fingerprint density at radius 3 is 1.71 bits per heavy atom. The summed E-state index contributed by atoms with van der Waals surface area (Å²) in [6.45, 7) is 2.26. The number of carbonyl (C=O) groups is 1. The first-order valence-electron chi connectivity index (χ1n) is 8.64. The van der Waals surface area contributed by atoms with Gasteiger partial charge in [-0.05, 0) is 32.1 Å². The van der Waals surface area contributed by atoms with Crippen molar-refractivity contribution in [3.63, 3.8) is 0 Å². The molecular weight excluding hydrogens is 271 g/mol. The molecule has 0 aliphatic carbocycles. The van der Waals surface area contributed by atoms with E-state index >= 15 is 0 Å². The third-order valence-corrected chi connectivity index (χ3v) is 3.65. The van der Waals surface area contributed by atoms with Crippen LogP contribution < -0.4 is 29.6 Å². The maximum absolute atomic E-state index is 10.3. The van der Waals surface area contributed by atoms with Gasteiger partial charge in [0.05, 0.1) is 0 Å². The molecule has 0 fully saturated rings. The number of allylic oxidation sites excluding steroid dienone is 2. The molecule has 0 amide bonds. The predicted molar refractivity (Wildman–Crippen MR) is 88.2 cm³/mol. The van der Waals surface area contributed by atoms with E-state index in [0.29, 0.717) is 6.42 Å². The minimum Gasteiger partial charge on any atom is -1.00 e. The van der Waals surface area contributed by atoms with Crippen molar-refractivity contribution in [3.8, 4) is 0 Å². The molecule has 0 saturated heterocycles. The van der Waals surface area contributed by atoms with Crippen LogP contribution in [0, 0.1) is 0 Å². The first kappa shape index (κ1) is 23.5. The third-order valence-electron chi connectivity index (χ3n) is 3.65. The molecule has 120 valence electrons. The molecule has 0 aliphatic heterocycles. The number of rotatable bonds is 15. The van der Waals surface area contributed by atoms with Gasteiger partial charge in [-0.3, -0.25) is 4.79 Å². The molecule has 0 unspecified atom stereocenters. The van der Waals surface area contributed by atoms with Gasteiger partial charge in [0.25, 0.3) is 0 Å². The molecule has 0 rings (SSSR count). The summed E-state index contributed by atoms with van der Waals surface area (Å²) in [7, 11) is 0. The van der Waals surface area contributed by atoms with Crippen LogP contribution in [0.4, 0.5) is 0 Å². The fourth-order valence-corrected chi connectivity index (χ4v) is 2.35. The summed E-state index contributed by atoms with van der Waals surface area (Å²) in [5.74, 6) is -0.664. The summed E-state index contributed by atoms with van der Waals surface area (Å²) in [6, 6.07) is 0. The normalized spacial score (nSPS) is 10.7. The van der Waals surface area contributed by atoms with Crippen molar-refractivity contribution in [2.75, 3.05) is 0 Å². The summed E-state index contributed by atoms with van der Waals surface area (Å²) in [5, 5.41) is 8.51. The van der Waals surface area contributed by atoms with Crippen molar-refractivity contribution in [3.05, 3.63) is 12.2 Å². The fraction of sp³-hybridized carbons (Fsp3) is 0.833. The molecule has 0 saturated carbocycles. The van der Waals surface area contributed by atoms with Crippen LogP contribution in [0.3, 0.4) is 0 Å². The summed E-state index contributed by atoms with van der Waals surface area (Å²) >= 11 is 0. The van der Waals surface area contributed by atoms with Gasteiger partial charge < -0.3 is 6.53 Å². The molecule has 0 aromatic rings. The minimum absolute atomic E-state index is 0. The van der Waals surface area contributed by atoms with Gasteiger partial charge in [-0.15, -0.1) is 0 Å². The van der Waals surface area contributed by atoms with E-state index in [9.17, 15) is 4.79 Å². The van der Waals surface area contributed by atoms with Crippen LogP contribution in [0.5, 0.6) is 0 Å². The number of aliphatic carboxylic acids is 1. The average Bonchev–Trinajstić information content (AvgIpc) is 2.43. The number of hydrogen-bond donors (Lipinski definition) is 1. The molecule has 3 heteroatoms. The second-order valence-electron chi connectivity index (χ2n) is 5.73. The Morgan fingerprint density at radius 2 is 1.24 bits per heavy atom. The third kappa shape index (κ3) is 22.6. The first-order chi connectivity index (χ1) is 9.77. The monoisotopic (exact) mass is 306 g/mol. The minimum atomic E-state index is -0.664. The van der Waals surface area contributed by atoms with Crippen LogP contribution in [0.2, 0.25) is 0 Å². The maximum atomic E-state index is 10.3. The topological polar surface area (TPSA) is 37.3 Å². The predicted octanol–water partition coefficient (Wildman–Crippen LogP) is 3.23. The second kappa shape index (κ2) is 20.2. The van der Waals surface area contributed by atoms with Gasteiger partial charge in [-0.1, -0.05) is 70.4 Å². The van der Waals surface area contributed by atoms with Crippen LogP contribution >= 0.6 is 0 Å². The molecule has 0 radical (unpaired) electrons. The molecule has 2 nitrogen and oxygen atoms in total. The van der Waals surface area contributed by atoms with Crippen LogP contribution in [0.25, 0.3) is 0 Å². The molecular formula is C18H35NaO2. The van der Waals surface area contributed by atoms with Crippen LogP contribution in [-0.4, -0.2) is 11.1 Å². The van der Waals surface area contributed by atoms with E-state index in [1.807, 2.05) is 0 Å². The maximum Gasteiger partial charge on any atom is 1.00 e. The van der Waals surface area contributed by atoms with Crippen molar-refractivity contribution >= 4 is 5.97 Å². The van der Waals surface area contributed by atoms with Gasteiger partial charge in [0.2, 0.25) is 0 Å². The zero-order valence-corrected chi connectivity index (χ0v) is 16.4. The Hall–Kier alpha value is 0.210. The Morgan fingerprint density at radius 1 is 0.810 bits per heavy atom. The molecule has 0 heterocycles. The second-order valence-corrected chi connectivity index (χ2v) is 5.73. The Bertz CT molecular complexity index is 245. The average molecular weight is 306 g/mol. The number of carboxylic acid groups (broad SMARTS) is 1. The first-order valence-corrected chi connectivity index (χ1v) is 8.64. The summed E-state index contributed by atoms with van der Waals surface area (Å²) in [4.78, 5) is 10.3. The van der Waals surface area contributed by atoms with E-state index < -0.39 is 5.97 Å². The summed E-state index contributed by atoms with van der Waals surface area (Å²) in [6.07, 6.45) is 21.2. The summed E-state index contributed by atoms with van der Waals surface area (Å²) in [5.41, 5.74) is 0. The molecule has 1 N–H and O–H groups in total. The molecule has 0 aliphatic rings. The molecule has 0 bridgehead atoms. The Labute approximate surface area is 155 Å².